The van der Waals surface area contributed by atoms with Crippen LogP contribution in [-0.4, -0.2) is 26.1 Å². The summed E-state index contributed by atoms with van der Waals surface area (Å²) in [6.45, 7) is 0. The van der Waals surface area contributed by atoms with E-state index >= 15 is 0 Å². The van der Waals surface area contributed by atoms with E-state index in [-0.39, 0.29) is 11.8 Å². The zero-order valence-electron chi connectivity index (χ0n) is 8.24. The molecule has 17 heavy (non-hydrogen) atoms. The van der Waals surface area contributed by atoms with Gasteiger partial charge < -0.3 is 11.1 Å². The molecular weight excluding hydrogens is 311 g/mol. The van der Waals surface area contributed by atoms with Gasteiger partial charge in [-0.3, -0.25) is 9.89 Å². The Labute approximate surface area is 109 Å². The smallest absolute Gasteiger partial charge is 0.293 e. The van der Waals surface area contributed by atoms with Crippen LogP contribution in [0.5, 0.6) is 0 Å². The number of amides is 1. The maximum absolute atomic E-state index is 11.6. The first kappa shape index (κ1) is 11.8. The van der Waals surface area contributed by atoms with Crippen LogP contribution < -0.4 is 11.1 Å². The van der Waals surface area contributed by atoms with Crippen molar-refractivity contribution in [3.8, 4) is 0 Å². The van der Waals surface area contributed by atoms with E-state index in [0.717, 1.165) is 0 Å². The number of pyridine rings is 1. The number of H-pyrrole nitrogens is 1. The van der Waals surface area contributed by atoms with Crippen molar-refractivity contribution in [2.75, 3.05) is 11.1 Å². The Morgan fingerprint density at radius 2 is 2.35 bits per heavy atom. The van der Waals surface area contributed by atoms with Crippen molar-refractivity contribution in [2.45, 2.75) is 0 Å². The molecule has 0 bridgehead atoms. The summed E-state index contributed by atoms with van der Waals surface area (Å²) >= 11 is 8.92. The second-order valence-corrected chi connectivity index (χ2v) is 4.21. The molecule has 0 unspecified atom stereocenters. The van der Waals surface area contributed by atoms with Gasteiger partial charge in [0.15, 0.2) is 0 Å². The molecule has 0 saturated carbocycles. The van der Waals surface area contributed by atoms with Crippen LogP contribution in [0.25, 0.3) is 0 Å². The number of nitrogens with zero attached hydrogens (tertiary/aromatic N) is 3. The molecule has 0 aliphatic heterocycles. The number of hydrogen-bond donors (Lipinski definition) is 3. The van der Waals surface area contributed by atoms with Crippen LogP contribution in [0.2, 0.25) is 5.15 Å². The van der Waals surface area contributed by atoms with Crippen LogP contribution in [0.15, 0.2) is 16.7 Å². The van der Waals surface area contributed by atoms with Crippen LogP contribution in [-0.2, 0) is 0 Å². The van der Waals surface area contributed by atoms with Crippen LogP contribution >= 0.6 is 27.5 Å². The van der Waals surface area contributed by atoms with Crippen LogP contribution in [0.4, 0.5) is 11.6 Å². The van der Waals surface area contributed by atoms with Gasteiger partial charge in [0, 0.05) is 0 Å². The molecule has 0 spiro atoms. The van der Waals surface area contributed by atoms with Gasteiger partial charge in [0.25, 0.3) is 5.91 Å². The maximum Gasteiger partial charge on any atom is 0.293 e. The second kappa shape index (κ2) is 4.68. The standard InChI is InChI=1S/C8H6BrClN6O/c9-4-1-3(2-12-5(4)10)13-7(17)6-14-8(11)16-15-6/h1-2H,(H,13,17)(H3,11,14,15,16). The normalized spacial score (nSPS) is 10.2. The van der Waals surface area contributed by atoms with E-state index in [1.807, 2.05) is 0 Å². The topological polar surface area (TPSA) is 110 Å². The molecule has 7 nitrogen and oxygen atoms in total. The van der Waals surface area contributed by atoms with Gasteiger partial charge in [-0.25, -0.2) is 4.98 Å². The number of anilines is 2. The zero-order valence-corrected chi connectivity index (χ0v) is 10.6. The zero-order chi connectivity index (χ0) is 12.4. The lowest BCUT2D eigenvalue weighted by Crippen LogP contribution is -2.14. The number of hydrogen-bond acceptors (Lipinski definition) is 5. The van der Waals surface area contributed by atoms with Gasteiger partial charge in [0.05, 0.1) is 16.4 Å². The van der Waals surface area contributed by atoms with E-state index in [4.69, 9.17) is 17.3 Å². The molecule has 0 radical (unpaired) electrons. The lowest BCUT2D eigenvalue weighted by Gasteiger charge is -2.03. The molecule has 2 aromatic heterocycles. The number of halogens is 2. The van der Waals surface area contributed by atoms with Crippen molar-refractivity contribution >= 4 is 45.1 Å². The van der Waals surface area contributed by atoms with Crippen LogP contribution in [0, 0.1) is 0 Å². The molecule has 88 valence electrons. The highest BCUT2D eigenvalue weighted by molar-refractivity contribution is 9.10. The Morgan fingerprint density at radius 1 is 1.59 bits per heavy atom. The number of aromatic amines is 1. The maximum atomic E-state index is 11.6. The molecule has 9 heteroatoms. The van der Waals surface area contributed by atoms with Crippen molar-refractivity contribution in [3.63, 3.8) is 0 Å². The Morgan fingerprint density at radius 3 is 2.94 bits per heavy atom. The van der Waals surface area contributed by atoms with Crippen LogP contribution in [0.1, 0.15) is 10.6 Å². The first-order valence-corrected chi connectivity index (χ1v) is 5.53. The largest absolute Gasteiger partial charge is 0.366 e. The molecule has 0 saturated heterocycles. The summed E-state index contributed by atoms with van der Waals surface area (Å²) in [6, 6.07) is 1.62. The number of rotatable bonds is 2. The fourth-order valence-electron chi connectivity index (χ4n) is 1.06. The highest BCUT2D eigenvalue weighted by Crippen LogP contribution is 2.22. The Balaban J connectivity index is 2.15. The summed E-state index contributed by atoms with van der Waals surface area (Å²) < 4.78 is 0.578. The molecule has 0 aromatic carbocycles. The average Bonchev–Trinajstić information content (AvgIpc) is 2.70. The number of nitrogen functional groups attached to an aromatic ring is 1. The fourth-order valence-corrected chi connectivity index (χ4v) is 1.51. The monoisotopic (exact) mass is 316 g/mol. The summed E-state index contributed by atoms with van der Waals surface area (Å²) in [7, 11) is 0. The predicted molar refractivity (Wildman–Crippen MR) is 65.7 cm³/mol. The van der Waals surface area contributed by atoms with Crippen molar-refractivity contribution < 1.29 is 4.79 Å². The third-order valence-corrected chi connectivity index (χ3v) is 2.91. The number of aromatic nitrogens is 4. The summed E-state index contributed by atoms with van der Waals surface area (Å²) in [5, 5.41) is 8.81. The van der Waals surface area contributed by atoms with E-state index in [1.54, 1.807) is 6.07 Å². The number of nitrogens with one attached hydrogen (secondary N) is 2. The minimum atomic E-state index is -0.467. The molecule has 2 rings (SSSR count). The molecular formula is C8H6BrClN6O. The van der Waals surface area contributed by atoms with E-state index in [0.29, 0.717) is 15.3 Å². The lowest BCUT2D eigenvalue weighted by atomic mass is 10.4. The van der Waals surface area contributed by atoms with Gasteiger partial charge in [-0.15, -0.1) is 5.10 Å². The van der Waals surface area contributed by atoms with E-state index < -0.39 is 5.91 Å². The number of carbonyl (C=O) groups is 1. The summed E-state index contributed by atoms with van der Waals surface area (Å²) in [5.41, 5.74) is 5.76. The first-order valence-electron chi connectivity index (χ1n) is 4.36. The van der Waals surface area contributed by atoms with Crippen molar-refractivity contribution in [1.29, 1.82) is 0 Å². The molecule has 1 amide bonds. The third kappa shape index (κ3) is 2.71. The summed E-state index contributed by atoms with van der Waals surface area (Å²) in [6.07, 6.45) is 1.42. The molecule has 0 aliphatic carbocycles. The number of nitrogens with two attached hydrogens (primary N) is 1. The molecule has 4 N–H and O–H groups in total. The van der Waals surface area contributed by atoms with Gasteiger partial charge in [0.1, 0.15) is 5.15 Å². The minimum Gasteiger partial charge on any atom is -0.366 e. The highest BCUT2D eigenvalue weighted by atomic mass is 79.9. The highest BCUT2D eigenvalue weighted by Gasteiger charge is 2.11. The first-order chi connectivity index (χ1) is 8.06. The Bertz CT molecular complexity index is 571. The van der Waals surface area contributed by atoms with Gasteiger partial charge in [0.2, 0.25) is 11.8 Å². The number of carbonyl (C=O) groups excluding carboxylic acids is 1. The molecule has 2 heterocycles. The van der Waals surface area contributed by atoms with Gasteiger partial charge >= 0.3 is 0 Å². The Hall–Kier alpha value is -1.67. The van der Waals surface area contributed by atoms with Crippen molar-refractivity contribution in [1.82, 2.24) is 20.2 Å². The predicted octanol–water partition coefficient (Wildman–Crippen LogP) is 1.45. The molecule has 0 aliphatic rings. The fraction of sp³-hybridized carbons (Fsp3) is 0. The van der Waals surface area contributed by atoms with Crippen molar-refractivity contribution in [2.24, 2.45) is 0 Å². The van der Waals surface area contributed by atoms with E-state index in [1.165, 1.54) is 6.20 Å². The van der Waals surface area contributed by atoms with E-state index in [2.05, 4.69) is 41.4 Å². The second-order valence-electron chi connectivity index (χ2n) is 2.99. The Kier molecular flexibility index (Phi) is 3.25. The SMILES string of the molecule is Nc1n[nH]c(C(=O)Nc2cnc(Cl)c(Br)c2)n1. The summed E-state index contributed by atoms with van der Waals surface area (Å²) in [5.74, 6) is -0.440. The van der Waals surface area contributed by atoms with E-state index in [9.17, 15) is 4.79 Å². The van der Waals surface area contributed by atoms with Crippen LogP contribution in [0.3, 0.4) is 0 Å². The lowest BCUT2D eigenvalue weighted by molar-refractivity contribution is 0.101. The molecule has 0 fully saturated rings. The minimum absolute atomic E-state index is 0.00515. The van der Waals surface area contributed by atoms with Gasteiger partial charge in [-0.2, -0.15) is 4.98 Å². The molecule has 0 atom stereocenters. The molecule has 2 aromatic rings. The average molecular weight is 318 g/mol. The summed E-state index contributed by atoms with van der Waals surface area (Å²) in [4.78, 5) is 19.2. The van der Waals surface area contributed by atoms with Gasteiger partial charge in [-0.1, -0.05) is 11.6 Å². The third-order valence-electron chi connectivity index (χ3n) is 1.77. The van der Waals surface area contributed by atoms with Gasteiger partial charge in [-0.05, 0) is 22.0 Å². The van der Waals surface area contributed by atoms with Crippen molar-refractivity contribution in [3.05, 3.63) is 27.7 Å². The quantitative estimate of drug-likeness (QED) is 0.726.